The summed E-state index contributed by atoms with van der Waals surface area (Å²) in [6.07, 6.45) is 0. The lowest BCUT2D eigenvalue weighted by Crippen LogP contribution is -2.50. The third-order valence-corrected chi connectivity index (χ3v) is 4.45. The van der Waals surface area contributed by atoms with Crippen LogP contribution in [0.4, 0.5) is 10.5 Å². The maximum absolute atomic E-state index is 12.5. The number of amides is 2. The zero-order chi connectivity index (χ0) is 14.9. The SMILES string of the molecule is CC1SCC(C(=O)O)N1C(=O)N(C)c1cccc(O)c1. The Balaban J connectivity index is 2.23. The van der Waals surface area contributed by atoms with Gasteiger partial charge in [-0.15, -0.1) is 11.8 Å². The van der Waals surface area contributed by atoms with Crippen LogP contribution in [0.15, 0.2) is 24.3 Å². The molecule has 0 saturated carbocycles. The van der Waals surface area contributed by atoms with Gasteiger partial charge in [0.15, 0.2) is 0 Å². The minimum Gasteiger partial charge on any atom is -0.508 e. The normalized spacial score (nSPS) is 21.8. The highest BCUT2D eigenvalue weighted by Crippen LogP contribution is 2.31. The van der Waals surface area contributed by atoms with E-state index in [9.17, 15) is 19.8 Å². The first-order valence-electron chi connectivity index (χ1n) is 6.11. The van der Waals surface area contributed by atoms with E-state index in [1.165, 1.54) is 33.7 Å². The molecule has 6 nitrogen and oxygen atoms in total. The van der Waals surface area contributed by atoms with E-state index in [2.05, 4.69) is 0 Å². The number of benzene rings is 1. The van der Waals surface area contributed by atoms with Crippen LogP contribution in [0.5, 0.6) is 5.75 Å². The molecule has 1 saturated heterocycles. The number of anilines is 1. The molecule has 0 aliphatic carbocycles. The van der Waals surface area contributed by atoms with E-state index in [4.69, 9.17) is 0 Å². The van der Waals surface area contributed by atoms with Gasteiger partial charge in [-0.25, -0.2) is 9.59 Å². The van der Waals surface area contributed by atoms with Crippen LogP contribution in [0.1, 0.15) is 6.92 Å². The van der Waals surface area contributed by atoms with Crippen molar-refractivity contribution in [1.82, 2.24) is 4.90 Å². The maximum atomic E-state index is 12.5. The largest absolute Gasteiger partial charge is 0.508 e. The van der Waals surface area contributed by atoms with Crippen molar-refractivity contribution in [1.29, 1.82) is 0 Å². The summed E-state index contributed by atoms with van der Waals surface area (Å²) in [7, 11) is 1.56. The summed E-state index contributed by atoms with van der Waals surface area (Å²) >= 11 is 1.43. The lowest BCUT2D eigenvalue weighted by Gasteiger charge is -2.30. The van der Waals surface area contributed by atoms with Gasteiger partial charge in [0.2, 0.25) is 0 Å². The van der Waals surface area contributed by atoms with Crippen molar-refractivity contribution in [3.8, 4) is 5.75 Å². The number of phenols is 1. The van der Waals surface area contributed by atoms with Gasteiger partial charge in [0, 0.05) is 24.6 Å². The number of hydrogen-bond acceptors (Lipinski definition) is 4. The first-order valence-corrected chi connectivity index (χ1v) is 7.16. The number of hydrogen-bond donors (Lipinski definition) is 2. The summed E-state index contributed by atoms with van der Waals surface area (Å²) in [5.74, 6) is -0.559. The van der Waals surface area contributed by atoms with Crippen molar-refractivity contribution >= 4 is 29.4 Å². The van der Waals surface area contributed by atoms with Crippen LogP contribution in [0, 0.1) is 0 Å². The molecule has 1 aromatic carbocycles. The molecule has 1 heterocycles. The summed E-state index contributed by atoms with van der Waals surface area (Å²) in [4.78, 5) is 26.4. The average molecular weight is 296 g/mol. The number of carbonyl (C=O) groups excluding carboxylic acids is 1. The van der Waals surface area contributed by atoms with Gasteiger partial charge in [0.25, 0.3) is 0 Å². The number of nitrogens with zero attached hydrogens (tertiary/aromatic N) is 2. The van der Waals surface area contributed by atoms with E-state index in [1.54, 1.807) is 19.2 Å². The second kappa shape index (κ2) is 5.62. The number of phenolic OH excluding ortho intramolecular Hbond substituents is 1. The number of carboxylic acid groups (broad SMARTS) is 1. The van der Waals surface area contributed by atoms with Gasteiger partial charge in [0.1, 0.15) is 11.8 Å². The predicted molar refractivity (Wildman–Crippen MR) is 77.1 cm³/mol. The van der Waals surface area contributed by atoms with Gasteiger partial charge in [-0.3, -0.25) is 9.80 Å². The van der Waals surface area contributed by atoms with E-state index < -0.39 is 12.0 Å². The fraction of sp³-hybridized carbons (Fsp3) is 0.385. The van der Waals surface area contributed by atoms with Gasteiger partial charge in [-0.2, -0.15) is 0 Å². The molecule has 20 heavy (non-hydrogen) atoms. The fourth-order valence-corrected chi connectivity index (χ4v) is 3.27. The maximum Gasteiger partial charge on any atom is 0.327 e. The van der Waals surface area contributed by atoms with Crippen molar-refractivity contribution in [2.24, 2.45) is 0 Å². The van der Waals surface area contributed by atoms with E-state index >= 15 is 0 Å². The molecule has 0 spiro atoms. The Bertz CT molecular complexity index is 537. The summed E-state index contributed by atoms with van der Waals surface area (Å²) in [6, 6.07) is 5.08. The second-order valence-electron chi connectivity index (χ2n) is 4.56. The van der Waals surface area contributed by atoms with Crippen LogP contribution < -0.4 is 4.90 Å². The lowest BCUT2D eigenvalue weighted by molar-refractivity contribution is -0.141. The Morgan fingerprint density at radius 2 is 2.15 bits per heavy atom. The molecule has 108 valence electrons. The van der Waals surface area contributed by atoms with Gasteiger partial charge in [-0.05, 0) is 19.1 Å². The molecule has 2 amide bonds. The standard InChI is InChI=1S/C13H16N2O4S/c1-8-15(11(7-20-8)12(17)18)13(19)14(2)9-4-3-5-10(16)6-9/h3-6,8,11,16H,7H2,1-2H3,(H,17,18). The van der Waals surface area contributed by atoms with Crippen LogP contribution in [0.3, 0.4) is 0 Å². The Labute approximate surface area is 121 Å². The molecule has 0 bridgehead atoms. The Morgan fingerprint density at radius 1 is 1.45 bits per heavy atom. The molecule has 2 rings (SSSR count). The van der Waals surface area contributed by atoms with Gasteiger partial charge in [-0.1, -0.05) is 6.07 Å². The van der Waals surface area contributed by atoms with Crippen LogP contribution in [0.25, 0.3) is 0 Å². The van der Waals surface area contributed by atoms with Gasteiger partial charge in [0.05, 0.1) is 5.37 Å². The molecular weight excluding hydrogens is 280 g/mol. The van der Waals surface area contributed by atoms with Crippen LogP contribution in [0.2, 0.25) is 0 Å². The number of carbonyl (C=O) groups is 2. The fourth-order valence-electron chi connectivity index (χ4n) is 2.11. The second-order valence-corrected chi connectivity index (χ2v) is 5.90. The topological polar surface area (TPSA) is 81.1 Å². The van der Waals surface area contributed by atoms with Crippen molar-refractivity contribution in [2.45, 2.75) is 18.3 Å². The molecule has 2 N–H and O–H groups in total. The zero-order valence-corrected chi connectivity index (χ0v) is 12.0. The van der Waals surface area contributed by atoms with Crippen molar-refractivity contribution in [3.63, 3.8) is 0 Å². The molecule has 1 aliphatic heterocycles. The molecule has 1 aromatic rings. The smallest absolute Gasteiger partial charge is 0.327 e. The highest BCUT2D eigenvalue weighted by Gasteiger charge is 2.40. The number of rotatable bonds is 2. The summed E-state index contributed by atoms with van der Waals surface area (Å²) < 4.78 is 0. The summed E-state index contributed by atoms with van der Waals surface area (Å²) in [6.45, 7) is 1.81. The number of thioether (sulfide) groups is 1. The quantitative estimate of drug-likeness (QED) is 0.869. The first kappa shape index (κ1) is 14.5. The number of aliphatic carboxylic acids is 1. The first-order chi connectivity index (χ1) is 9.41. The molecule has 7 heteroatoms. The molecular formula is C13H16N2O4S. The number of carboxylic acids is 1. The predicted octanol–water partition coefficient (Wildman–Crippen LogP) is 1.80. The van der Waals surface area contributed by atoms with Crippen LogP contribution in [-0.2, 0) is 4.79 Å². The minimum absolute atomic E-state index is 0.0563. The summed E-state index contributed by atoms with van der Waals surface area (Å²) in [5.41, 5.74) is 0.517. The molecule has 2 atom stereocenters. The average Bonchev–Trinajstić information content (AvgIpc) is 2.79. The van der Waals surface area contributed by atoms with Gasteiger partial charge < -0.3 is 10.2 Å². The minimum atomic E-state index is -1.00. The van der Waals surface area contributed by atoms with E-state index in [0.29, 0.717) is 11.4 Å². The number of urea groups is 1. The van der Waals surface area contributed by atoms with E-state index in [1.807, 2.05) is 6.92 Å². The number of aromatic hydroxyl groups is 1. The van der Waals surface area contributed by atoms with Crippen LogP contribution >= 0.6 is 11.8 Å². The monoisotopic (exact) mass is 296 g/mol. The summed E-state index contributed by atoms with van der Waals surface area (Å²) in [5, 5.41) is 18.4. The molecule has 0 radical (unpaired) electrons. The molecule has 1 aliphatic rings. The van der Waals surface area contributed by atoms with Gasteiger partial charge >= 0.3 is 12.0 Å². The third-order valence-electron chi connectivity index (χ3n) is 3.23. The zero-order valence-electron chi connectivity index (χ0n) is 11.2. The molecule has 1 fully saturated rings. The van der Waals surface area contributed by atoms with Crippen LogP contribution in [-0.4, -0.2) is 51.3 Å². The molecule has 0 aromatic heterocycles. The lowest BCUT2D eigenvalue weighted by atomic mass is 10.2. The van der Waals surface area contributed by atoms with E-state index in [-0.39, 0.29) is 17.2 Å². The highest BCUT2D eigenvalue weighted by atomic mass is 32.2. The Morgan fingerprint density at radius 3 is 2.75 bits per heavy atom. The Hall–Kier alpha value is -1.89. The van der Waals surface area contributed by atoms with Crippen molar-refractivity contribution < 1.29 is 19.8 Å². The third kappa shape index (κ3) is 2.67. The highest BCUT2D eigenvalue weighted by molar-refractivity contribution is 8.00. The van der Waals surface area contributed by atoms with E-state index in [0.717, 1.165) is 0 Å². The Kier molecular flexibility index (Phi) is 4.08. The molecule has 2 unspecified atom stereocenters. The van der Waals surface area contributed by atoms with Crippen molar-refractivity contribution in [2.75, 3.05) is 17.7 Å². The van der Waals surface area contributed by atoms with Crippen molar-refractivity contribution in [3.05, 3.63) is 24.3 Å².